The molecule has 5 heteroatoms. The third-order valence-electron chi connectivity index (χ3n) is 4.70. The fraction of sp³-hybridized carbons (Fsp3) is 0.381. The van der Waals surface area contributed by atoms with Crippen LogP contribution >= 0.6 is 0 Å². The summed E-state index contributed by atoms with van der Waals surface area (Å²) in [7, 11) is 2.15. The quantitative estimate of drug-likeness (QED) is 0.576. The van der Waals surface area contributed by atoms with E-state index in [1.54, 1.807) is 0 Å². The number of hydrogen-bond donors (Lipinski definition) is 0. The van der Waals surface area contributed by atoms with Gasteiger partial charge in [-0.05, 0) is 49.9 Å². The largest absolute Gasteiger partial charge is 0.490 e. The number of aromatic nitrogens is 2. The minimum absolute atomic E-state index is 0.480. The van der Waals surface area contributed by atoms with E-state index in [-0.39, 0.29) is 0 Å². The molecular formula is C21H25N3O2. The van der Waals surface area contributed by atoms with Gasteiger partial charge in [-0.2, -0.15) is 0 Å². The summed E-state index contributed by atoms with van der Waals surface area (Å²) in [4.78, 5) is 7.07. The van der Waals surface area contributed by atoms with Gasteiger partial charge in [-0.15, -0.1) is 0 Å². The van der Waals surface area contributed by atoms with E-state index in [0.717, 1.165) is 41.1 Å². The van der Waals surface area contributed by atoms with Gasteiger partial charge in [-0.25, -0.2) is 4.98 Å². The molecule has 0 aliphatic heterocycles. The van der Waals surface area contributed by atoms with Crippen molar-refractivity contribution < 1.29 is 9.47 Å². The number of fused-ring (bicyclic) bond motifs is 1. The highest BCUT2D eigenvalue weighted by atomic mass is 16.5. The average Bonchev–Trinajstić information content (AvgIpc) is 3.39. The Labute approximate surface area is 154 Å². The molecule has 0 amide bonds. The summed E-state index contributed by atoms with van der Waals surface area (Å²) in [6, 6.07) is 13.8. The normalized spacial score (nSPS) is 13.8. The number of imidazole rings is 1. The van der Waals surface area contributed by atoms with E-state index < -0.39 is 0 Å². The van der Waals surface area contributed by atoms with Crippen molar-refractivity contribution in [2.24, 2.45) is 5.92 Å². The fourth-order valence-electron chi connectivity index (χ4n) is 3.32. The zero-order valence-electron chi connectivity index (χ0n) is 15.4. The van der Waals surface area contributed by atoms with Crippen LogP contribution in [0.15, 0.2) is 48.7 Å². The van der Waals surface area contributed by atoms with Gasteiger partial charge in [0.2, 0.25) is 0 Å². The molecule has 0 radical (unpaired) electrons. The third-order valence-corrected chi connectivity index (χ3v) is 4.70. The Kier molecular flexibility index (Phi) is 4.69. The first kappa shape index (κ1) is 16.8. The summed E-state index contributed by atoms with van der Waals surface area (Å²) >= 11 is 0. The first-order chi connectivity index (χ1) is 12.7. The first-order valence-electron chi connectivity index (χ1n) is 9.22. The van der Waals surface area contributed by atoms with Gasteiger partial charge in [0.1, 0.15) is 24.8 Å². The monoisotopic (exact) mass is 351 g/mol. The second kappa shape index (κ2) is 7.28. The summed E-state index contributed by atoms with van der Waals surface area (Å²) < 4.78 is 13.8. The van der Waals surface area contributed by atoms with Crippen LogP contribution in [0.5, 0.6) is 11.5 Å². The SMILES string of the molecule is Cc1nc2c(OCCOc3ccccc3)cccn2c1N(C)CC1CC1. The number of aryl methyl sites for hydroxylation is 1. The third kappa shape index (κ3) is 3.62. The molecule has 136 valence electrons. The Hall–Kier alpha value is -2.69. The molecule has 2 aromatic heterocycles. The van der Waals surface area contributed by atoms with Gasteiger partial charge in [0, 0.05) is 19.8 Å². The Morgan fingerprint density at radius 3 is 2.62 bits per heavy atom. The standard InChI is InChI=1S/C21H25N3O2/c1-16-21(23(2)15-17-10-11-17)24-12-6-9-19(20(24)22-16)26-14-13-25-18-7-4-3-5-8-18/h3-9,12,17H,10-11,13-15H2,1-2H3. The van der Waals surface area contributed by atoms with Crippen molar-refractivity contribution in [2.45, 2.75) is 19.8 Å². The topological polar surface area (TPSA) is 39.0 Å². The molecule has 1 aliphatic rings. The van der Waals surface area contributed by atoms with Gasteiger partial charge < -0.3 is 14.4 Å². The summed E-state index contributed by atoms with van der Waals surface area (Å²) in [5, 5.41) is 0. The molecule has 0 bridgehead atoms. The smallest absolute Gasteiger partial charge is 0.181 e. The number of benzene rings is 1. The van der Waals surface area contributed by atoms with E-state index in [4.69, 9.17) is 14.5 Å². The second-order valence-corrected chi connectivity index (χ2v) is 6.92. The van der Waals surface area contributed by atoms with Crippen molar-refractivity contribution in [1.29, 1.82) is 0 Å². The minimum atomic E-state index is 0.480. The highest BCUT2D eigenvalue weighted by Gasteiger charge is 2.25. The van der Waals surface area contributed by atoms with Crippen LogP contribution in [0.2, 0.25) is 0 Å². The van der Waals surface area contributed by atoms with E-state index in [9.17, 15) is 0 Å². The van der Waals surface area contributed by atoms with Gasteiger partial charge in [-0.1, -0.05) is 18.2 Å². The number of rotatable bonds is 8. The molecule has 1 saturated carbocycles. The number of para-hydroxylation sites is 1. The molecule has 0 atom stereocenters. The summed E-state index contributed by atoms with van der Waals surface area (Å²) in [6.07, 6.45) is 4.74. The molecule has 1 aliphatic carbocycles. The first-order valence-corrected chi connectivity index (χ1v) is 9.22. The second-order valence-electron chi connectivity index (χ2n) is 6.92. The van der Waals surface area contributed by atoms with Gasteiger partial charge in [0.05, 0.1) is 5.69 Å². The van der Waals surface area contributed by atoms with E-state index >= 15 is 0 Å². The number of nitrogens with zero attached hydrogens (tertiary/aromatic N) is 3. The van der Waals surface area contributed by atoms with Crippen molar-refractivity contribution in [3.63, 3.8) is 0 Å². The zero-order chi connectivity index (χ0) is 17.9. The maximum Gasteiger partial charge on any atom is 0.181 e. The van der Waals surface area contributed by atoms with Gasteiger partial charge >= 0.3 is 0 Å². The van der Waals surface area contributed by atoms with Crippen LogP contribution in [0.3, 0.4) is 0 Å². The number of hydrogen-bond acceptors (Lipinski definition) is 4. The van der Waals surface area contributed by atoms with E-state index in [0.29, 0.717) is 13.2 Å². The molecule has 0 N–H and O–H groups in total. The van der Waals surface area contributed by atoms with Crippen LogP contribution in [0, 0.1) is 12.8 Å². The Bertz CT molecular complexity index is 872. The van der Waals surface area contributed by atoms with Gasteiger partial charge in [0.25, 0.3) is 0 Å². The highest BCUT2D eigenvalue weighted by molar-refractivity contribution is 5.63. The summed E-state index contributed by atoms with van der Waals surface area (Å²) in [5.41, 5.74) is 1.90. The molecule has 3 aromatic rings. The molecule has 4 rings (SSSR count). The van der Waals surface area contributed by atoms with Crippen LogP contribution in [0.1, 0.15) is 18.5 Å². The molecule has 2 heterocycles. The Morgan fingerprint density at radius 2 is 1.85 bits per heavy atom. The molecular weight excluding hydrogens is 326 g/mol. The lowest BCUT2D eigenvalue weighted by molar-refractivity contribution is 0.218. The number of anilines is 1. The molecule has 0 saturated heterocycles. The van der Waals surface area contributed by atoms with E-state index in [1.807, 2.05) is 42.5 Å². The van der Waals surface area contributed by atoms with Crippen LogP contribution in [-0.4, -0.2) is 36.2 Å². The van der Waals surface area contributed by atoms with Crippen molar-refractivity contribution in [2.75, 3.05) is 31.7 Å². The van der Waals surface area contributed by atoms with Crippen LogP contribution in [0.4, 0.5) is 5.82 Å². The number of pyridine rings is 1. The zero-order valence-corrected chi connectivity index (χ0v) is 15.4. The van der Waals surface area contributed by atoms with E-state index in [2.05, 4.69) is 29.5 Å². The van der Waals surface area contributed by atoms with Crippen LogP contribution in [0.25, 0.3) is 5.65 Å². The highest BCUT2D eigenvalue weighted by Crippen LogP contribution is 2.33. The van der Waals surface area contributed by atoms with Gasteiger partial charge in [0.15, 0.2) is 11.4 Å². The summed E-state index contributed by atoms with van der Waals surface area (Å²) in [6.45, 7) is 4.13. The lowest BCUT2D eigenvalue weighted by atomic mass is 10.3. The predicted molar refractivity (Wildman–Crippen MR) is 103 cm³/mol. The van der Waals surface area contributed by atoms with Crippen molar-refractivity contribution in [3.8, 4) is 11.5 Å². The van der Waals surface area contributed by atoms with Gasteiger partial charge in [-0.3, -0.25) is 4.40 Å². The maximum atomic E-state index is 5.96. The average molecular weight is 351 g/mol. The maximum absolute atomic E-state index is 5.96. The van der Waals surface area contributed by atoms with Crippen molar-refractivity contribution in [1.82, 2.24) is 9.38 Å². The molecule has 1 fully saturated rings. The van der Waals surface area contributed by atoms with Crippen molar-refractivity contribution >= 4 is 11.5 Å². The fourth-order valence-corrected chi connectivity index (χ4v) is 3.32. The Morgan fingerprint density at radius 1 is 1.08 bits per heavy atom. The molecule has 1 aromatic carbocycles. The van der Waals surface area contributed by atoms with Crippen LogP contribution < -0.4 is 14.4 Å². The molecule has 0 unspecified atom stereocenters. The van der Waals surface area contributed by atoms with E-state index in [1.165, 1.54) is 12.8 Å². The molecule has 5 nitrogen and oxygen atoms in total. The molecule has 26 heavy (non-hydrogen) atoms. The van der Waals surface area contributed by atoms with Crippen LogP contribution in [-0.2, 0) is 0 Å². The lowest BCUT2D eigenvalue weighted by Crippen LogP contribution is -2.22. The number of ether oxygens (including phenoxy) is 2. The lowest BCUT2D eigenvalue weighted by Gasteiger charge is -2.19. The van der Waals surface area contributed by atoms with Crippen molar-refractivity contribution in [3.05, 3.63) is 54.4 Å². The molecule has 0 spiro atoms. The summed E-state index contributed by atoms with van der Waals surface area (Å²) in [5.74, 6) is 3.63. The Balaban J connectivity index is 1.45. The predicted octanol–water partition coefficient (Wildman–Crippen LogP) is 3.95. The minimum Gasteiger partial charge on any atom is -0.490 e.